The third kappa shape index (κ3) is 0.914. The van der Waals surface area contributed by atoms with E-state index in [1.165, 1.54) is 5.82 Å². The molecule has 0 atom stereocenters. The number of nitrogens with zero attached hydrogens (tertiary/aromatic N) is 2. The molecule has 0 amide bonds. The summed E-state index contributed by atoms with van der Waals surface area (Å²) in [6, 6.07) is 2.69. The Morgan fingerprint density at radius 1 is 1.64 bits per heavy atom. The summed E-state index contributed by atoms with van der Waals surface area (Å²) in [7, 11) is 0. The first-order chi connectivity index (χ1) is 5.29. The molecule has 0 radical (unpaired) electrons. The molecular weight excluding hydrogens is 138 g/mol. The Hall–Kier alpha value is -0.990. The molecule has 1 aliphatic rings. The lowest BCUT2D eigenvalue weighted by Gasteiger charge is -1.99. The number of fused-ring (bicyclic) bond motifs is 1. The molecule has 11 heavy (non-hydrogen) atoms. The second-order valence-corrected chi connectivity index (χ2v) is 3.22. The van der Waals surface area contributed by atoms with E-state index < -0.39 is 0 Å². The summed E-state index contributed by atoms with van der Waals surface area (Å²) in [5.41, 5.74) is 0. The Labute approximate surface area is 66.6 Å². The van der Waals surface area contributed by atoms with Crippen LogP contribution in [0.3, 0.4) is 0 Å². The maximum absolute atomic E-state index is 3.32. The first-order valence-electron chi connectivity index (χ1n) is 4.14. The van der Waals surface area contributed by atoms with Gasteiger partial charge in [0.05, 0.1) is 12.6 Å². The molecule has 1 aromatic heterocycles. The van der Waals surface area contributed by atoms with E-state index in [2.05, 4.69) is 40.8 Å². The van der Waals surface area contributed by atoms with E-state index in [9.17, 15) is 0 Å². The van der Waals surface area contributed by atoms with Gasteiger partial charge in [-0.05, 0) is 13.8 Å². The monoisotopic (exact) mass is 152 g/mol. The molecule has 1 aromatic rings. The van der Waals surface area contributed by atoms with E-state index >= 15 is 0 Å². The molecule has 0 saturated heterocycles. The molecule has 2 rings (SSSR count). The van der Waals surface area contributed by atoms with E-state index in [0.29, 0.717) is 6.04 Å². The number of nitrogens with one attached hydrogen (secondary N) is 1. The van der Waals surface area contributed by atoms with Gasteiger partial charge in [-0.2, -0.15) is 0 Å². The van der Waals surface area contributed by atoms with Crippen molar-refractivity contribution in [1.82, 2.24) is 4.68 Å². The minimum atomic E-state index is 0.559. The van der Waals surface area contributed by atoms with Crippen LogP contribution in [-0.2, 0) is 6.54 Å². The van der Waals surface area contributed by atoms with Crippen molar-refractivity contribution < 1.29 is 4.68 Å². The zero-order valence-corrected chi connectivity index (χ0v) is 7.04. The van der Waals surface area contributed by atoms with Crippen molar-refractivity contribution in [3.63, 3.8) is 0 Å². The fourth-order valence-electron chi connectivity index (χ4n) is 1.56. The van der Waals surface area contributed by atoms with Crippen LogP contribution in [0.25, 0.3) is 0 Å². The van der Waals surface area contributed by atoms with E-state index in [1.54, 1.807) is 0 Å². The van der Waals surface area contributed by atoms with Gasteiger partial charge in [0.2, 0.25) is 0 Å². The minimum absolute atomic E-state index is 0.559. The summed E-state index contributed by atoms with van der Waals surface area (Å²) in [5.74, 6) is 1.25. The molecule has 0 spiro atoms. The molecule has 2 heterocycles. The van der Waals surface area contributed by atoms with Crippen LogP contribution >= 0.6 is 0 Å². The molecule has 0 aromatic carbocycles. The van der Waals surface area contributed by atoms with E-state index in [1.807, 2.05) is 0 Å². The van der Waals surface area contributed by atoms with E-state index in [-0.39, 0.29) is 0 Å². The molecule has 3 nitrogen and oxygen atoms in total. The van der Waals surface area contributed by atoms with Crippen molar-refractivity contribution in [2.75, 3.05) is 11.9 Å². The van der Waals surface area contributed by atoms with Gasteiger partial charge in [-0.1, -0.05) is 0 Å². The Morgan fingerprint density at radius 3 is 3.18 bits per heavy atom. The Kier molecular flexibility index (Phi) is 1.37. The summed E-state index contributed by atoms with van der Waals surface area (Å²) < 4.78 is 4.54. The number of hydrogen-bond donors (Lipinski definition) is 1. The van der Waals surface area contributed by atoms with Crippen molar-refractivity contribution in [3.05, 3.63) is 12.3 Å². The highest BCUT2D eigenvalue weighted by atomic mass is 15.5. The van der Waals surface area contributed by atoms with Crippen LogP contribution in [0.15, 0.2) is 12.3 Å². The summed E-state index contributed by atoms with van der Waals surface area (Å²) in [4.78, 5) is 0. The Bertz CT molecular complexity index is 262. The van der Waals surface area contributed by atoms with Crippen LogP contribution in [-0.4, -0.2) is 11.2 Å². The average Bonchev–Trinajstić information content (AvgIpc) is 2.41. The predicted octanol–water partition coefficient (Wildman–Crippen LogP) is 0.782. The summed E-state index contributed by atoms with van der Waals surface area (Å²) in [6.07, 6.45) is 2.13. The maximum Gasteiger partial charge on any atom is 0.198 e. The number of anilines is 1. The highest BCUT2D eigenvalue weighted by molar-refractivity contribution is 5.34. The van der Waals surface area contributed by atoms with Crippen molar-refractivity contribution in [2.24, 2.45) is 0 Å². The molecule has 3 heteroatoms. The third-order valence-corrected chi connectivity index (χ3v) is 2.10. The second kappa shape index (κ2) is 2.26. The Morgan fingerprint density at radius 2 is 2.45 bits per heavy atom. The van der Waals surface area contributed by atoms with Crippen LogP contribution in [0.4, 0.5) is 5.82 Å². The second-order valence-electron chi connectivity index (χ2n) is 3.22. The van der Waals surface area contributed by atoms with Gasteiger partial charge in [-0.25, -0.2) is 0 Å². The first-order valence-corrected chi connectivity index (χ1v) is 4.14. The van der Waals surface area contributed by atoms with Crippen LogP contribution in [0.1, 0.15) is 19.9 Å². The van der Waals surface area contributed by atoms with Gasteiger partial charge in [-0.15, -0.1) is 9.36 Å². The van der Waals surface area contributed by atoms with E-state index in [4.69, 9.17) is 0 Å². The molecule has 0 saturated carbocycles. The molecule has 60 valence electrons. The van der Waals surface area contributed by atoms with Crippen molar-refractivity contribution in [3.8, 4) is 0 Å². The van der Waals surface area contributed by atoms with Gasteiger partial charge in [0.1, 0.15) is 0 Å². The fraction of sp³-hybridized carbons (Fsp3) is 0.625. The quantitative estimate of drug-likeness (QED) is 0.590. The fourth-order valence-corrected chi connectivity index (χ4v) is 1.56. The summed E-state index contributed by atoms with van der Waals surface area (Å²) >= 11 is 0. The lowest BCUT2D eigenvalue weighted by Crippen LogP contribution is -2.43. The zero-order chi connectivity index (χ0) is 7.84. The number of rotatable bonds is 1. The minimum Gasteiger partial charge on any atom is -0.365 e. The molecule has 1 aliphatic heterocycles. The van der Waals surface area contributed by atoms with Gasteiger partial charge in [0.25, 0.3) is 0 Å². The molecule has 0 unspecified atom stereocenters. The normalized spacial score (nSPS) is 15.2. The Balaban J connectivity index is 2.42. The van der Waals surface area contributed by atoms with Crippen molar-refractivity contribution in [2.45, 2.75) is 26.4 Å². The van der Waals surface area contributed by atoms with Gasteiger partial charge in [0, 0.05) is 6.54 Å². The molecule has 0 aliphatic carbocycles. The molecule has 0 fully saturated rings. The largest absolute Gasteiger partial charge is 0.365 e. The lowest BCUT2D eigenvalue weighted by atomic mass is 10.4. The molecule has 0 bridgehead atoms. The van der Waals surface area contributed by atoms with Gasteiger partial charge in [-0.3, -0.25) is 0 Å². The van der Waals surface area contributed by atoms with Gasteiger partial charge < -0.3 is 5.32 Å². The predicted molar refractivity (Wildman–Crippen MR) is 43.5 cm³/mol. The first kappa shape index (κ1) is 6.70. The standard InChI is InChI=1S/C8H13N3/c1-7(2)10-5-3-8-9-4-6-11(8)10/h3,5,7H,4,6H2,1-2H3/p+1. The van der Waals surface area contributed by atoms with Crippen molar-refractivity contribution in [1.29, 1.82) is 0 Å². The lowest BCUT2D eigenvalue weighted by molar-refractivity contribution is -0.790. The average molecular weight is 152 g/mol. The number of hydrogen-bond acceptors (Lipinski definition) is 1. The highest BCUT2D eigenvalue weighted by Crippen LogP contribution is 2.11. The summed E-state index contributed by atoms with van der Waals surface area (Å²) in [6.45, 7) is 6.57. The van der Waals surface area contributed by atoms with Crippen LogP contribution < -0.4 is 10.00 Å². The zero-order valence-electron chi connectivity index (χ0n) is 7.04. The topological polar surface area (TPSA) is 20.8 Å². The maximum atomic E-state index is 3.32. The number of aromatic nitrogens is 2. The van der Waals surface area contributed by atoms with Crippen LogP contribution in [0, 0.1) is 0 Å². The summed E-state index contributed by atoms with van der Waals surface area (Å²) in [5, 5.41) is 3.32. The molecular formula is C8H14N3+. The van der Waals surface area contributed by atoms with E-state index in [0.717, 1.165) is 13.1 Å². The SMILES string of the molecule is CC(C)[n+]1ccc2n1CCN2. The third-order valence-electron chi connectivity index (χ3n) is 2.10. The van der Waals surface area contributed by atoms with Crippen LogP contribution in [0.5, 0.6) is 0 Å². The van der Waals surface area contributed by atoms with Gasteiger partial charge >= 0.3 is 0 Å². The van der Waals surface area contributed by atoms with Gasteiger partial charge in [0.15, 0.2) is 18.1 Å². The van der Waals surface area contributed by atoms with Crippen molar-refractivity contribution >= 4 is 5.82 Å². The molecule has 1 N–H and O–H groups in total. The smallest absolute Gasteiger partial charge is 0.198 e. The van der Waals surface area contributed by atoms with Crippen LogP contribution in [0.2, 0.25) is 0 Å². The highest BCUT2D eigenvalue weighted by Gasteiger charge is 2.21.